The molecule has 1 aromatic rings. The predicted molar refractivity (Wildman–Crippen MR) is 77.3 cm³/mol. The first kappa shape index (κ1) is 16.5. The first-order chi connectivity index (χ1) is 8.77. The molecule has 0 heterocycles. The predicted octanol–water partition coefficient (Wildman–Crippen LogP) is 1.22. The van der Waals surface area contributed by atoms with Crippen LogP contribution in [0.3, 0.4) is 0 Å². The Labute approximate surface area is 122 Å². The van der Waals surface area contributed by atoms with Crippen molar-refractivity contribution in [1.82, 2.24) is 4.72 Å². The summed E-state index contributed by atoms with van der Waals surface area (Å²) in [5.74, 6) is -0.268. The zero-order valence-electron chi connectivity index (χ0n) is 10.2. The van der Waals surface area contributed by atoms with Gasteiger partial charge in [0, 0.05) is 39.0 Å². The van der Waals surface area contributed by atoms with E-state index in [0.29, 0.717) is 5.75 Å². The third-order valence-electron chi connectivity index (χ3n) is 2.28. The van der Waals surface area contributed by atoms with Gasteiger partial charge in [0.15, 0.2) is 0 Å². The number of nitrogens with one attached hydrogen (secondary N) is 1. The summed E-state index contributed by atoms with van der Waals surface area (Å²) in [5, 5.41) is 0. The van der Waals surface area contributed by atoms with Crippen molar-refractivity contribution in [2.24, 2.45) is 0 Å². The monoisotopic (exact) mass is 372 g/mol. The normalized spacial score (nSPS) is 13.4. The van der Waals surface area contributed by atoms with Crippen LogP contribution in [0.1, 0.15) is 6.92 Å². The number of rotatable bonds is 6. The Balaban J connectivity index is 2.89. The van der Waals surface area contributed by atoms with Gasteiger partial charge < -0.3 is 5.73 Å². The zero-order chi connectivity index (χ0) is 14.6. The van der Waals surface area contributed by atoms with E-state index in [1.165, 1.54) is 0 Å². The Kier molecular flexibility index (Phi) is 5.90. The lowest BCUT2D eigenvalue weighted by Crippen LogP contribution is -2.29. The molecule has 0 aromatic heterocycles. The van der Waals surface area contributed by atoms with Crippen molar-refractivity contribution in [3.05, 3.63) is 22.4 Å². The molecule has 0 aliphatic heterocycles. The van der Waals surface area contributed by atoms with E-state index < -0.39 is 31.5 Å². The van der Waals surface area contributed by atoms with Crippen LogP contribution in [0.2, 0.25) is 0 Å². The summed E-state index contributed by atoms with van der Waals surface area (Å²) in [5.41, 5.74) is 5.65. The average molecular weight is 373 g/mol. The molecule has 0 spiro atoms. The van der Waals surface area contributed by atoms with Crippen LogP contribution < -0.4 is 10.5 Å². The summed E-state index contributed by atoms with van der Waals surface area (Å²) >= 11 is 3.01. The number of nitrogens with two attached hydrogens (primary N) is 1. The molecular formula is C10H14BrFN2O3S2. The minimum Gasteiger partial charge on any atom is -0.398 e. The molecule has 108 valence electrons. The third-order valence-corrected chi connectivity index (χ3v) is 5.75. The summed E-state index contributed by atoms with van der Waals surface area (Å²) in [4.78, 5) is -0.518. The van der Waals surface area contributed by atoms with Crippen molar-refractivity contribution in [3.8, 4) is 0 Å². The summed E-state index contributed by atoms with van der Waals surface area (Å²) in [6.45, 7) is 1.72. The number of hydrogen-bond acceptors (Lipinski definition) is 4. The number of hydrogen-bond donors (Lipinski definition) is 2. The van der Waals surface area contributed by atoms with E-state index in [0.717, 1.165) is 12.1 Å². The Hall–Kier alpha value is -0.510. The second-order valence-electron chi connectivity index (χ2n) is 3.63. The fourth-order valence-corrected chi connectivity index (χ4v) is 3.45. The van der Waals surface area contributed by atoms with Gasteiger partial charge >= 0.3 is 0 Å². The number of anilines is 1. The topological polar surface area (TPSA) is 89.3 Å². The lowest BCUT2D eigenvalue weighted by atomic mass is 10.3. The van der Waals surface area contributed by atoms with Crippen molar-refractivity contribution >= 4 is 42.4 Å². The summed E-state index contributed by atoms with van der Waals surface area (Å²) < 4.78 is 51.0. The summed E-state index contributed by atoms with van der Waals surface area (Å²) in [7, 11) is -5.08. The molecule has 0 aliphatic carbocycles. The van der Waals surface area contributed by atoms with Gasteiger partial charge in [-0.3, -0.25) is 4.21 Å². The Morgan fingerprint density at radius 1 is 1.47 bits per heavy atom. The van der Waals surface area contributed by atoms with Gasteiger partial charge in [0.25, 0.3) is 0 Å². The molecule has 0 radical (unpaired) electrons. The van der Waals surface area contributed by atoms with E-state index in [1.807, 2.05) is 0 Å². The van der Waals surface area contributed by atoms with Gasteiger partial charge in [0.1, 0.15) is 10.7 Å². The lowest BCUT2D eigenvalue weighted by molar-refractivity contribution is 0.558. The highest BCUT2D eigenvalue weighted by Crippen LogP contribution is 2.25. The summed E-state index contributed by atoms with van der Waals surface area (Å²) in [6, 6.07) is 2.03. The van der Waals surface area contributed by atoms with E-state index in [4.69, 9.17) is 5.73 Å². The minimum absolute atomic E-state index is 0.0157. The number of nitrogen functional groups attached to an aromatic ring is 1. The Morgan fingerprint density at radius 3 is 2.68 bits per heavy atom. The van der Waals surface area contributed by atoms with Gasteiger partial charge in [-0.2, -0.15) is 0 Å². The smallest absolute Gasteiger partial charge is 0.243 e. The van der Waals surface area contributed by atoms with Crippen LogP contribution >= 0.6 is 15.9 Å². The molecular weight excluding hydrogens is 359 g/mol. The van der Waals surface area contributed by atoms with Crippen molar-refractivity contribution in [2.45, 2.75) is 11.8 Å². The van der Waals surface area contributed by atoms with E-state index >= 15 is 0 Å². The number of sulfonamides is 1. The van der Waals surface area contributed by atoms with Crippen LogP contribution in [0.25, 0.3) is 0 Å². The van der Waals surface area contributed by atoms with Crippen LogP contribution in [0.4, 0.5) is 10.1 Å². The molecule has 3 N–H and O–H groups in total. The molecule has 19 heavy (non-hydrogen) atoms. The molecule has 5 nitrogen and oxygen atoms in total. The van der Waals surface area contributed by atoms with Crippen molar-refractivity contribution < 1.29 is 17.0 Å². The highest BCUT2D eigenvalue weighted by atomic mass is 79.9. The molecule has 0 bridgehead atoms. The fraction of sp³-hybridized carbons (Fsp3) is 0.400. The summed E-state index contributed by atoms with van der Waals surface area (Å²) in [6.07, 6.45) is 0. The van der Waals surface area contributed by atoms with E-state index in [9.17, 15) is 17.0 Å². The van der Waals surface area contributed by atoms with Gasteiger partial charge in [-0.15, -0.1) is 0 Å². The first-order valence-electron chi connectivity index (χ1n) is 5.37. The highest BCUT2D eigenvalue weighted by Gasteiger charge is 2.20. The maximum Gasteiger partial charge on any atom is 0.243 e. The van der Waals surface area contributed by atoms with Gasteiger partial charge in [-0.1, -0.05) is 6.92 Å². The van der Waals surface area contributed by atoms with E-state index in [2.05, 4.69) is 20.7 Å². The zero-order valence-corrected chi connectivity index (χ0v) is 13.4. The molecule has 1 unspecified atom stereocenters. The molecule has 0 fully saturated rings. The maximum absolute atomic E-state index is 13.6. The van der Waals surface area contributed by atoms with Crippen LogP contribution in [0.15, 0.2) is 21.5 Å². The molecule has 1 atom stereocenters. The molecule has 1 rings (SSSR count). The average Bonchev–Trinajstić information content (AvgIpc) is 2.33. The second kappa shape index (κ2) is 6.78. The third kappa shape index (κ3) is 4.51. The van der Waals surface area contributed by atoms with Crippen LogP contribution in [-0.2, 0) is 20.8 Å². The van der Waals surface area contributed by atoms with E-state index in [1.54, 1.807) is 6.92 Å². The van der Waals surface area contributed by atoms with Gasteiger partial charge in [-0.25, -0.2) is 17.5 Å². The molecule has 0 amide bonds. The van der Waals surface area contributed by atoms with Gasteiger partial charge in [0.05, 0.1) is 0 Å². The maximum atomic E-state index is 13.6. The van der Waals surface area contributed by atoms with Crippen molar-refractivity contribution in [1.29, 1.82) is 0 Å². The molecule has 1 aromatic carbocycles. The van der Waals surface area contributed by atoms with Crippen molar-refractivity contribution in [2.75, 3.05) is 23.8 Å². The lowest BCUT2D eigenvalue weighted by Gasteiger charge is -2.09. The van der Waals surface area contributed by atoms with Crippen LogP contribution in [-0.4, -0.2) is 30.7 Å². The quantitative estimate of drug-likeness (QED) is 0.734. The van der Waals surface area contributed by atoms with Crippen molar-refractivity contribution in [3.63, 3.8) is 0 Å². The fourth-order valence-electron chi connectivity index (χ4n) is 1.26. The first-order valence-corrected chi connectivity index (χ1v) is 9.13. The second-order valence-corrected chi connectivity index (χ2v) is 8.09. The number of halogens is 2. The van der Waals surface area contributed by atoms with E-state index in [-0.39, 0.29) is 22.5 Å². The standard InChI is InChI=1S/C10H14BrFN2O3S2/c1-2-18(15)4-3-14-19(16,17)10-6-9(13)7(11)5-8(10)12/h5-6,14H,2-4,13H2,1H3. The van der Waals surface area contributed by atoms with Crippen LogP contribution in [0, 0.1) is 5.82 Å². The Morgan fingerprint density at radius 2 is 2.11 bits per heavy atom. The largest absolute Gasteiger partial charge is 0.398 e. The molecule has 9 heteroatoms. The molecule has 0 saturated carbocycles. The van der Waals surface area contributed by atoms with Gasteiger partial charge in [0.2, 0.25) is 10.0 Å². The van der Waals surface area contributed by atoms with Gasteiger partial charge in [-0.05, 0) is 28.1 Å². The minimum atomic E-state index is -3.99. The van der Waals surface area contributed by atoms with Crippen LogP contribution in [0.5, 0.6) is 0 Å². The highest BCUT2D eigenvalue weighted by molar-refractivity contribution is 9.10. The molecule has 0 saturated heterocycles. The SMILES string of the molecule is CCS(=O)CCNS(=O)(=O)c1cc(N)c(Br)cc1F. The Bertz CT molecular complexity index is 593. The molecule has 0 aliphatic rings. The number of benzene rings is 1.